The second-order valence-corrected chi connectivity index (χ2v) is 7.73. The largest absolute Gasteiger partial charge is 0.311 e. The quantitative estimate of drug-likeness (QED) is 0.802. The maximum atomic E-state index is 6.39. The molecule has 0 radical (unpaired) electrons. The van der Waals surface area contributed by atoms with Gasteiger partial charge in [0.15, 0.2) is 5.65 Å². The molecule has 3 rings (SSSR count). The van der Waals surface area contributed by atoms with Crippen molar-refractivity contribution < 1.29 is 0 Å². The molecule has 1 aliphatic heterocycles. The summed E-state index contributed by atoms with van der Waals surface area (Å²) in [5, 5.41) is 4.54. The lowest BCUT2D eigenvalue weighted by Crippen LogP contribution is -2.19. The molecular weight excluding hydrogens is 304 g/mol. The number of aryl methyl sites for hydroxylation is 2. The van der Waals surface area contributed by atoms with E-state index in [0.717, 1.165) is 41.6 Å². The molecule has 0 spiro atoms. The highest BCUT2D eigenvalue weighted by atomic mass is 35.5. The fraction of sp³-hybridized carbons (Fsp3) is 0.733. The molecular formula is C15H23ClN4S. The molecule has 0 amide bonds. The van der Waals surface area contributed by atoms with Crippen molar-refractivity contribution >= 4 is 34.5 Å². The van der Waals surface area contributed by atoms with Gasteiger partial charge in [-0.1, -0.05) is 6.92 Å². The summed E-state index contributed by atoms with van der Waals surface area (Å²) in [6.07, 6.45) is 3.49. The Hall–Kier alpha value is -0.680. The van der Waals surface area contributed by atoms with Crippen LogP contribution in [0.5, 0.6) is 0 Å². The van der Waals surface area contributed by atoms with E-state index >= 15 is 0 Å². The summed E-state index contributed by atoms with van der Waals surface area (Å²) in [7, 11) is 2.01. The SMILES string of the molecule is CCc1nn(C)c2c1nc(C(C)Cl)n2CC1CCSCC1. The minimum atomic E-state index is -0.0694. The number of fused-ring (bicyclic) bond motifs is 1. The summed E-state index contributed by atoms with van der Waals surface area (Å²) in [5.74, 6) is 4.28. The van der Waals surface area contributed by atoms with E-state index in [1.807, 2.05) is 18.7 Å². The van der Waals surface area contributed by atoms with E-state index in [0.29, 0.717) is 0 Å². The molecule has 0 N–H and O–H groups in total. The van der Waals surface area contributed by atoms with Gasteiger partial charge >= 0.3 is 0 Å². The number of rotatable bonds is 4. The van der Waals surface area contributed by atoms with Gasteiger partial charge in [0.25, 0.3) is 0 Å². The number of imidazole rings is 1. The van der Waals surface area contributed by atoms with Gasteiger partial charge in [0.1, 0.15) is 11.3 Å². The smallest absolute Gasteiger partial charge is 0.158 e. The van der Waals surface area contributed by atoms with Crippen LogP contribution in [0.3, 0.4) is 0 Å². The van der Waals surface area contributed by atoms with Crippen LogP contribution in [0.4, 0.5) is 0 Å². The predicted molar refractivity (Wildman–Crippen MR) is 90.2 cm³/mol. The Morgan fingerprint density at radius 1 is 1.38 bits per heavy atom. The molecule has 2 aromatic rings. The first kappa shape index (κ1) is 15.2. The van der Waals surface area contributed by atoms with E-state index in [1.165, 1.54) is 24.3 Å². The lowest BCUT2D eigenvalue weighted by molar-refractivity contribution is 0.411. The van der Waals surface area contributed by atoms with Gasteiger partial charge in [-0.25, -0.2) is 4.98 Å². The molecule has 1 fully saturated rings. The number of thioether (sulfide) groups is 1. The third-order valence-corrected chi connectivity index (χ3v) is 5.54. The standard InChI is InChI=1S/C15H23ClN4S/c1-4-12-13-15(19(3)18-12)20(14(17-13)10(2)16)9-11-5-7-21-8-6-11/h10-11H,4-9H2,1-3H3. The molecule has 4 nitrogen and oxygen atoms in total. The first-order valence-electron chi connectivity index (χ1n) is 7.75. The second kappa shape index (κ2) is 6.21. The molecule has 0 bridgehead atoms. The highest BCUT2D eigenvalue weighted by Gasteiger charge is 2.24. The van der Waals surface area contributed by atoms with E-state index in [1.54, 1.807) is 0 Å². The van der Waals surface area contributed by atoms with Gasteiger partial charge in [0.05, 0.1) is 11.1 Å². The normalized spacial score (nSPS) is 18.5. The maximum absolute atomic E-state index is 6.39. The predicted octanol–water partition coefficient (Wildman–Crippen LogP) is 3.78. The lowest BCUT2D eigenvalue weighted by Gasteiger charge is -2.23. The Labute approximate surface area is 135 Å². The highest BCUT2D eigenvalue weighted by Crippen LogP contribution is 2.30. The van der Waals surface area contributed by atoms with Crippen LogP contribution in [0.2, 0.25) is 0 Å². The average molecular weight is 327 g/mol. The van der Waals surface area contributed by atoms with E-state index in [4.69, 9.17) is 16.6 Å². The van der Waals surface area contributed by atoms with E-state index in [9.17, 15) is 0 Å². The molecule has 21 heavy (non-hydrogen) atoms. The van der Waals surface area contributed by atoms with E-state index < -0.39 is 0 Å². The molecule has 0 aliphatic carbocycles. The summed E-state index contributed by atoms with van der Waals surface area (Å²) < 4.78 is 4.29. The first-order chi connectivity index (χ1) is 10.1. The summed E-state index contributed by atoms with van der Waals surface area (Å²) in [5.41, 5.74) is 3.24. The van der Waals surface area contributed by atoms with Crippen LogP contribution in [0, 0.1) is 5.92 Å². The maximum Gasteiger partial charge on any atom is 0.158 e. The van der Waals surface area contributed by atoms with Crippen molar-refractivity contribution in [3.05, 3.63) is 11.5 Å². The number of hydrogen-bond acceptors (Lipinski definition) is 3. The highest BCUT2D eigenvalue weighted by molar-refractivity contribution is 7.99. The summed E-state index contributed by atoms with van der Waals surface area (Å²) >= 11 is 8.45. The first-order valence-corrected chi connectivity index (χ1v) is 9.34. The minimum Gasteiger partial charge on any atom is -0.311 e. The second-order valence-electron chi connectivity index (χ2n) is 5.85. The van der Waals surface area contributed by atoms with Crippen molar-refractivity contribution in [3.63, 3.8) is 0 Å². The van der Waals surface area contributed by atoms with Crippen molar-refractivity contribution in [1.82, 2.24) is 19.3 Å². The molecule has 0 saturated carbocycles. The van der Waals surface area contributed by atoms with Crippen LogP contribution < -0.4 is 0 Å². The molecule has 116 valence electrons. The number of alkyl halides is 1. The molecule has 1 saturated heterocycles. The van der Waals surface area contributed by atoms with Gasteiger partial charge in [-0.05, 0) is 43.6 Å². The van der Waals surface area contributed by atoms with Crippen molar-refractivity contribution in [2.45, 2.75) is 45.0 Å². The third kappa shape index (κ3) is 2.82. The zero-order valence-corrected chi connectivity index (χ0v) is 14.5. The Morgan fingerprint density at radius 2 is 2.10 bits per heavy atom. The van der Waals surface area contributed by atoms with Crippen LogP contribution in [-0.2, 0) is 20.0 Å². The lowest BCUT2D eigenvalue weighted by atomic mass is 10.0. The zero-order valence-electron chi connectivity index (χ0n) is 13.0. The average Bonchev–Trinajstić information content (AvgIpc) is 2.99. The Balaban J connectivity index is 2.04. The zero-order chi connectivity index (χ0) is 15.0. The van der Waals surface area contributed by atoms with Crippen molar-refractivity contribution in [1.29, 1.82) is 0 Å². The van der Waals surface area contributed by atoms with Crippen molar-refractivity contribution in [2.24, 2.45) is 13.0 Å². The summed E-state index contributed by atoms with van der Waals surface area (Å²) in [6.45, 7) is 5.16. The number of nitrogens with zero attached hydrogens (tertiary/aromatic N) is 4. The van der Waals surface area contributed by atoms with Gasteiger partial charge < -0.3 is 4.57 Å². The summed E-state index contributed by atoms with van der Waals surface area (Å²) in [6, 6.07) is 0. The van der Waals surface area contributed by atoms with Crippen LogP contribution in [0.25, 0.3) is 11.2 Å². The van der Waals surface area contributed by atoms with Gasteiger partial charge in [0, 0.05) is 13.6 Å². The van der Waals surface area contributed by atoms with Gasteiger partial charge in [-0.2, -0.15) is 16.9 Å². The van der Waals surface area contributed by atoms with Gasteiger partial charge in [0.2, 0.25) is 0 Å². The van der Waals surface area contributed by atoms with Crippen molar-refractivity contribution in [2.75, 3.05) is 11.5 Å². The van der Waals surface area contributed by atoms with E-state index in [-0.39, 0.29) is 5.38 Å². The molecule has 1 aliphatic rings. The minimum absolute atomic E-state index is 0.0694. The molecule has 1 unspecified atom stereocenters. The molecule has 0 aromatic carbocycles. The van der Waals surface area contributed by atoms with Gasteiger partial charge in [-0.3, -0.25) is 4.68 Å². The molecule has 2 aromatic heterocycles. The van der Waals surface area contributed by atoms with Crippen LogP contribution in [-0.4, -0.2) is 30.8 Å². The number of hydrogen-bond donors (Lipinski definition) is 0. The fourth-order valence-corrected chi connectivity index (χ4v) is 4.54. The Kier molecular flexibility index (Phi) is 4.50. The molecule has 3 heterocycles. The number of aromatic nitrogens is 4. The fourth-order valence-electron chi connectivity index (χ4n) is 3.17. The third-order valence-electron chi connectivity index (χ3n) is 4.29. The van der Waals surface area contributed by atoms with Crippen LogP contribution >= 0.6 is 23.4 Å². The molecule has 1 atom stereocenters. The molecule has 6 heteroatoms. The van der Waals surface area contributed by atoms with Crippen LogP contribution in [0.15, 0.2) is 0 Å². The Bertz CT molecular complexity index is 625. The van der Waals surface area contributed by atoms with E-state index in [2.05, 4.69) is 28.4 Å². The number of halogens is 1. The van der Waals surface area contributed by atoms with Crippen LogP contribution in [0.1, 0.15) is 43.6 Å². The van der Waals surface area contributed by atoms with Gasteiger partial charge in [-0.15, -0.1) is 11.6 Å². The topological polar surface area (TPSA) is 35.6 Å². The monoisotopic (exact) mass is 326 g/mol. The Morgan fingerprint density at radius 3 is 2.71 bits per heavy atom. The van der Waals surface area contributed by atoms with Crippen molar-refractivity contribution in [3.8, 4) is 0 Å². The summed E-state index contributed by atoms with van der Waals surface area (Å²) in [4.78, 5) is 4.81.